The molecule has 2 atom stereocenters. The molecule has 0 amide bonds. The topological polar surface area (TPSA) is 29.3 Å². The van der Waals surface area contributed by atoms with Gasteiger partial charge in [0.05, 0.1) is 0 Å². The van der Waals surface area contributed by atoms with Gasteiger partial charge in [-0.25, -0.2) is 0 Å². The predicted molar refractivity (Wildman–Crippen MR) is 80.0 cm³/mol. The van der Waals surface area contributed by atoms with Crippen LogP contribution in [0.5, 0.6) is 0 Å². The molecule has 2 nitrogen and oxygen atoms in total. The van der Waals surface area contributed by atoms with Crippen molar-refractivity contribution in [3.63, 3.8) is 0 Å². The third kappa shape index (κ3) is 5.20. The fourth-order valence-electron chi connectivity index (χ4n) is 2.78. The summed E-state index contributed by atoms with van der Waals surface area (Å²) in [6.45, 7) is 4.63. The molecular weight excluding hydrogens is 297 g/mol. The molecule has 1 aliphatic rings. The lowest BCUT2D eigenvalue weighted by Gasteiger charge is -2.38. The first kappa shape index (κ1) is 16.6. The second-order valence-electron chi connectivity index (χ2n) is 5.68. The van der Waals surface area contributed by atoms with Crippen molar-refractivity contribution >= 4 is 11.8 Å². The minimum Gasteiger partial charge on any atom is -0.329 e. The zero-order valence-electron chi connectivity index (χ0n) is 12.1. The molecule has 6 heteroatoms. The summed E-state index contributed by atoms with van der Waals surface area (Å²) in [5, 5.41) is 0. The third-order valence-electron chi connectivity index (χ3n) is 3.91. The Bertz CT molecular complexity index is 447. The second-order valence-corrected chi connectivity index (χ2v) is 6.82. The van der Waals surface area contributed by atoms with Crippen molar-refractivity contribution < 1.29 is 13.2 Å². The van der Waals surface area contributed by atoms with Crippen molar-refractivity contribution in [2.75, 3.05) is 13.1 Å². The number of halogens is 3. The van der Waals surface area contributed by atoms with Gasteiger partial charge in [0.25, 0.3) is 0 Å². The Hall–Kier alpha value is -0.720. The zero-order chi connectivity index (χ0) is 15.5. The molecule has 0 radical (unpaired) electrons. The Kier molecular flexibility index (Phi) is 5.57. The van der Waals surface area contributed by atoms with Crippen LogP contribution in [0.25, 0.3) is 0 Å². The Morgan fingerprint density at radius 1 is 1.29 bits per heavy atom. The van der Waals surface area contributed by atoms with Gasteiger partial charge in [-0.3, -0.25) is 4.90 Å². The Labute approximate surface area is 127 Å². The van der Waals surface area contributed by atoms with Crippen molar-refractivity contribution in [3.8, 4) is 0 Å². The summed E-state index contributed by atoms with van der Waals surface area (Å²) in [4.78, 5) is 2.57. The van der Waals surface area contributed by atoms with Crippen LogP contribution in [0.2, 0.25) is 0 Å². The van der Waals surface area contributed by atoms with Crippen molar-refractivity contribution in [1.82, 2.24) is 4.90 Å². The van der Waals surface area contributed by atoms with Gasteiger partial charge >= 0.3 is 5.51 Å². The smallest absolute Gasteiger partial charge is 0.329 e. The highest BCUT2D eigenvalue weighted by molar-refractivity contribution is 8.00. The van der Waals surface area contributed by atoms with Crippen molar-refractivity contribution in [2.45, 2.75) is 42.8 Å². The molecule has 0 saturated carbocycles. The van der Waals surface area contributed by atoms with E-state index in [1.165, 1.54) is 12.1 Å². The highest BCUT2D eigenvalue weighted by atomic mass is 32.2. The van der Waals surface area contributed by atoms with Crippen LogP contribution in [0.1, 0.15) is 25.3 Å². The molecule has 0 aliphatic carbocycles. The van der Waals surface area contributed by atoms with Crippen LogP contribution in [-0.2, 0) is 6.54 Å². The highest BCUT2D eigenvalue weighted by Crippen LogP contribution is 2.36. The molecule has 0 spiro atoms. The van der Waals surface area contributed by atoms with Crippen LogP contribution < -0.4 is 5.73 Å². The van der Waals surface area contributed by atoms with E-state index in [0.717, 1.165) is 31.5 Å². The van der Waals surface area contributed by atoms with Crippen LogP contribution in [0.3, 0.4) is 0 Å². The molecule has 118 valence electrons. The predicted octanol–water partition coefficient (Wildman–Crippen LogP) is 3.86. The fraction of sp³-hybridized carbons (Fsp3) is 0.600. The molecule has 1 aromatic rings. The van der Waals surface area contributed by atoms with E-state index >= 15 is 0 Å². The van der Waals surface area contributed by atoms with Gasteiger partial charge in [0, 0.05) is 24.0 Å². The highest BCUT2D eigenvalue weighted by Gasteiger charge is 2.29. The van der Waals surface area contributed by atoms with Gasteiger partial charge in [0.1, 0.15) is 0 Å². The molecular formula is C15H21F3N2S. The molecule has 2 unspecified atom stereocenters. The molecule has 21 heavy (non-hydrogen) atoms. The van der Waals surface area contributed by atoms with Crippen LogP contribution in [0.4, 0.5) is 13.2 Å². The molecule has 1 fully saturated rings. The normalized spacial score (nSPS) is 24.2. The lowest BCUT2D eigenvalue weighted by atomic mass is 9.92. The van der Waals surface area contributed by atoms with Crippen LogP contribution in [0.15, 0.2) is 29.2 Å². The number of hydrogen-bond donors (Lipinski definition) is 1. The molecule has 0 aromatic heterocycles. The summed E-state index contributed by atoms with van der Waals surface area (Å²) >= 11 is -0.0727. The van der Waals surface area contributed by atoms with E-state index in [4.69, 9.17) is 5.73 Å². The maximum Gasteiger partial charge on any atom is 0.446 e. The number of piperidine rings is 1. The summed E-state index contributed by atoms with van der Waals surface area (Å²) in [6.07, 6.45) is 2.25. The summed E-state index contributed by atoms with van der Waals surface area (Å²) in [5.41, 5.74) is 2.64. The Balaban J connectivity index is 1.96. The molecule has 1 aliphatic heterocycles. The van der Waals surface area contributed by atoms with Crippen LogP contribution >= 0.6 is 11.8 Å². The Morgan fingerprint density at radius 3 is 2.52 bits per heavy atom. The van der Waals surface area contributed by atoms with Crippen molar-refractivity contribution in [3.05, 3.63) is 29.8 Å². The number of thioether (sulfide) groups is 1. The van der Waals surface area contributed by atoms with Crippen molar-refractivity contribution in [1.29, 1.82) is 0 Å². The number of nitrogens with two attached hydrogens (primary N) is 1. The zero-order valence-corrected chi connectivity index (χ0v) is 12.9. The van der Waals surface area contributed by atoms with E-state index in [9.17, 15) is 13.2 Å². The number of likely N-dealkylation sites (tertiary alicyclic amines) is 1. The van der Waals surface area contributed by atoms with E-state index < -0.39 is 5.51 Å². The molecule has 1 heterocycles. The first-order chi connectivity index (χ1) is 9.87. The molecule has 1 saturated heterocycles. The van der Waals surface area contributed by atoms with Gasteiger partial charge in [-0.05, 0) is 54.8 Å². The fourth-order valence-corrected chi connectivity index (χ4v) is 3.32. The van der Waals surface area contributed by atoms with Gasteiger partial charge in [-0.1, -0.05) is 19.1 Å². The molecule has 1 aromatic carbocycles. The van der Waals surface area contributed by atoms with Gasteiger partial charge < -0.3 is 5.73 Å². The lowest BCUT2D eigenvalue weighted by molar-refractivity contribution is -0.0328. The molecule has 2 rings (SSSR count). The number of nitrogens with zero attached hydrogens (tertiary/aromatic N) is 1. The average Bonchev–Trinajstić information content (AvgIpc) is 2.41. The van der Waals surface area contributed by atoms with Crippen molar-refractivity contribution in [2.24, 2.45) is 11.7 Å². The van der Waals surface area contributed by atoms with Gasteiger partial charge in [-0.15, -0.1) is 0 Å². The largest absolute Gasteiger partial charge is 0.446 e. The van der Waals surface area contributed by atoms with Gasteiger partial charge in [0.2, 0.25) is 0 Å². The molecule has 0 bridgehead atoms. The summed E-state index contributed by atoms with van der Waals surface area (Å²) in [5.74, 6) is 0.695. The van der Waals surface area contributed by atoms with E-state index in [1.807, 2.05) is 0 Å². The SMILES string of the molecule is CC1CCN(Cc2ccc(SC(F)(F)F)cc2)C(CN)C1. The van der Waals surface area contributed by atoms with Crippen LogP contribution in [-0.4, -0.2) is 29.5 Å². The first-order valence-electron chi connectivity index (χ1n) is 7.16. The summed E-state index contributed by atoms with van der Waals surface area (Å²) in [7, 11) is 0. The van der Waals surface area contributed by atoms with E-state index in [0.29, 0.717) is 18.5 Å². The standard InChI is InChI=1S/C15H21F3N2S/c1-11-6-7-20(13(8-11)9-19)10-12-2-4-14(5-3-12)21-15(16,17)18/h2-5,11,13H,6-10,19H2,1H3. The van der Waals surface area contributed by atoms with Gasteiger partial charge in [0.15, 0.2) is 0 Å². The van der Waals surface area contributed by atoms with Crippen LogP contribution in [0, 0.1) is 5.92 Å². The third-order valence-corrected chi connectivity index (χ3v) is 4.65. The number of benzene rings is 1. The number of alkyl halides is 3. The average molecular weight is 318 g/mol. The first-order valence-corrected chi connectivity index (χ1v) is 7.98. The summed E-state index contributed by atoms with van der Waals surface area (Å²) < 4.78 is 36.9. The summed E-state index contributed by atoms with van der Waals surface area (Å²) in [6, 6.07) is 7.01. The Morgan fingerprint density at radius 2 is 1.95 bits per heavy atom. The number of hydrogen-bond acceptors (Lipinski definition) is 3. The minimum absolute atomic E-state index is 0.0727. The monoisotopic (exact) mass is 318 g/mol. The van der Waals surface area contributed by atoms with E-state index in [2.05, 4.69) is 11.8 Å². The van der Waals surface area contributed by atoms with E-state index in [-0.39, 0.29) is 16.7 Å². The number of rotatable bonds is 4. The quantitative estimate of drug-likeness (QED) is 0.855. The molecule has 2 N–H and O–H groups in total. The van der Waals surface area contributed by atoms with E-state index in [1.54, 1.807) is 12.1 Å². The maximum atomic E-state index is 12.3. The van der Waals surface area contributed by atoms with Gasteiger partial charge in [-0.2, -0.15) is 13.2 Å². The minimum atomic E-state index is -4.23. The maximum absolute atomic E-state index is 12.3. The second kappa shape index (κ2) is 7.03. The lowest BCUT2D eigenvalue weighted by Crippen LogP contribution is -2.45.